The lowest BCUT2D eigenvalue weighted by Crippen LogP contribution is -3.10. The molecule has 0 spiro atoms. The third-order valence-electron chi connectivity index (χ3n) is 3.33. The molecule has 2 atom stereocenters. The summed E-state index contributed by atoms with van der Waals surface area (Å²) in [6.45, 7) is 13.7. The van der Waals surface area contributed by atoms with E-state index in [0.717, 1.165) is 5.92 Å². The number of hydrogen-bond donors (Lipinski definition) is 1. The minimum atomic E-state index is 1.06. The Morgan fingerprint density at radius 3 is 2.47 bits per heavy atom. The van der Waals surface area contributed by atoms with Gasteiger partial charge in [0.05, 0.1) is 19.6 Å². The van der Waals surface area contributed by atoms with Crippen LogP contribution in [0.15, 0.2) is 0 Å². The lowest BCUT2D eigenvalue weighted by Gasteiger charge is -2.12. The van der Waals surface area contributed by atoms with Crippen molar-refractivity contribution < 1.29 is 4.90 Å². The zero-order chi connectivity index (χ0) is 11.5. The van der Waals surface area contributed by atoms with Gasteiger partial charge in [-0.3, -0.25) is 0 Å². The SMILES string of the molecule is CCCCC1CC[NH+](CCCC)C1.[C-]#N. The van der Waals surface area contributed by atoms with Crippen LogP contribution in [0.2, 0.25) is 0 Å². The highest BCUT2D eigenvalue weighted by Crippen LogP contribution is 2.12. The van der Waals surface area contributed by atoms with E-state index in [1.807, 2.05) is 4.90 Å². The molecule has 88 valence electrons. The van der Waals surface area contributed by atoms with Gasteiger partial charge in [-0.2, -0.15) is 0 Å². The largest absolute Gasteiger partial charge is 0.512 e. The molecule has 1 heterocycles. The van der Waals surface area contributed by atoms with Crippen molar-refractivity contribution in [1.82, 2.24) is 0 Å². The van der Waals surface area contributed by atoms with Crippen LogP contribution in [0.1, 0.15) is 52.4 Å². The minimum Gasteiger partial charge on any atom is -0.512 e. The monoisotopic (exact) mass is 210 g/mol. The van der Waals surface area contributed by atoms with Crippen LogP contribution >= 0.6 is 0 Å². The van der Waals surface area contributed by atoms with E-state index in [4.69, 9.17) is 11.8 Å². The van der Waals surface area contributed by atoms with Gasteiger partial charge in [0.25, 0.3) is 0 Å². The third-order valence-corrected chi connectivity index (χ3v) is 3.33. The van der Waals surface area contributed by atoms with E-state index in [9.17, 15) is 0 Å². The van der Waals surface area contributed by atoms with E-state index < -0.39 is 0 Å². The van der Waals surface area contributed by atoms with Crippen molar-refractivity contribution in [2.24, 2.45) is 5.92 Å². The first-order chi connectivity index (χ1) is 7.36. The molecule has 0 aromatic rings. The molecule has 0 bridgehead atoms. The van der Waals surface area contributed by atoms with Crippen LogP contribution in [-0.2, 0) is 0 Å². The zero-order valence-corrected chi connectivity index (χ0v) is 10.4. The topological polar surface area (TPSA) is 28.2 Å². The van der Waals surface area contributed by atoms with Crippen LogP contribution in [0.25, 0.3) is 0 Å². The number of nitrogens with one attached hydrogen (secondary N) is 1. The van der Waals surface area contributed by atoms with E-state index >= 15 is 0 Å². The number of nitrogens with zero attached hydrogens (tertiary/aromatic N) is 1. The molecule has 0 saturated carbocycles. The fourth-order valence-corrected chi connectivity index (χ4v) is 2.41. The molecule has 15 heavy (non-hydrogen) atoms. The second-order valence-electron chi connectivity index (χ2n) is 4.60. The quantitative estimate of drug-likeness (QED) is 0.667. The standard InChI is InChI=1S/C12H25N.CN/c1-3-5-7-12-8-10-13(11-12)9-6-4-2;1-2/h12H,3-11H2,1-2H3;/q;-1/p+1. The molecule has 1 rings (SSSR count). The molecule has 0 aromatic heterocycles. The molecule has 2 unspecified atom stereocenters. The lowest BCUT2D eigenvalue weighted by molar-refractivity contribution is -0.889. The van der Waals surface area contributed by atoms with E-state index in [2.05, 4.69) is 13.8 Å². The summed E-state index contributed by atoms with van der Waals surface area (Å²) in [6, 6.07) is 0. The molecule has 1 saturated heterocycles. The average molecular weight is 210 g/mol. The van der Waals surface area contributed by atoms with Gasteiger partial charge in [-0.05, 0) is 12.8 Å². The molecule has 1 fully saturated rings. The molecule has 1 aliphatic rings. The smallest absolute Gasteiger partial charge is 0.0801 e. The summed E-state index contributed by atoms with van der Waals surface area (Å²) in [5, 5.41) is 6.25. The number of quaternary nitrogens is 1. The van der Waals surface area contributed by atoms with Gasteiger partial charge in [-0.1, -0.05) is 33.1 Å². The molecular formula is C13H26N2. The van der Waals surface area contributed by atoms with Crippen LogP contribution in [0.4, 0.5) is 0 Å². The third kappa shape index (κ3) is 6.52. The number of hydrogen-bond acceptors (Lipinski definition) is 1. The fraction of sp³-hybridized carbons (Fsp3) is 0.923. The van der Waals surface area contributed by atoms with E-state index in [0.29, 0.717) is 0 Å². The Kier molecular flexibility index (Phi) is 9.62. The summed E-state index contributed by atoms with van der Waals surface area (Å²) in [5.41, 5.74) is 0. The van der Waals surface area contributed by atoms with Gasteiger partial charge >= 0.3 is 0 Å². The first-order valence-corrected chi connectivity index (χ1v) is 6.42. The molecular weight excluding hydrogens is 184 g/mol. The van der Waals surface area contributed by atoms with Gasteiger partial charge < -0.3 is 16.7 Å². The molecule has 0 amide bonds. The van der Waals surface area contributed by atoms with Crippen LogP contribution in [0.5, 0.6) is 0 Å². The highest BCUT2D eigenvalue weighted by atomic mass is 15.1. The first-order valence-electron chi connectivity index (χ1n) is 6.42. The number of rotatable bonds is 6. The number of likely N-dealkylation sites (tertiary alicyclic amines) is 1. The summed E-state index contributed by atoms with van der Waals surface area (Å²) in [4.78, 5) is 1.88. The maximum absolute atomic E-state index is 6.25. The van der Waals surface area contributed by atoms with Gasteiger partial charge in [0.1, 0.15) is 0 Å². The van der Waals surface area contributed by atoms with E-state index in [1.54, 1.807) is 0 Å². The maximum Gasteiger partial charge on any atom is 0.0801 e. The van der Waals surface area contributed by atoms with Crippen molar-refractivity contribution in [3.63, 3.8) is 0 Å². The molecule has 1 aliphatic heterocycles. The van der Waals surface area contributed by atoms with Crippen molar-refractivity contribution in [2.45, 2.75) is 52.4 Å². The minimum absolute atomic E-state index is 1.06. The average Bonchev–Trinajstić information content (AvgIpc) is 2.74. The maximum atomic E-state index is 6.25. The predicted molar refractivity (Wildman–Crippen MR) is 63.1 cm³/mol. The molecule has 0 aromatic carbocycles. The van der Waals surface area contributed by atoms with Crippen LogP contribution in [0.3, 0.4) is 0 Å². The van der Waals surface area contributed by atoms with Crippen molar-refractivity contribution in [3.8, 4) is 0 Å². The van der Waals surface area contributed by atoms with Crippen molar-refractivity contribution in [1.29, 1.82) is 5.26 Å². The fourth-order valence-electron chi connectivity index (χ4n) is 2.41. The summed E-state index contributed by atoms with van der Waals surface area (Å²) in [7, 11) is 0. The molecule has 2 nitrogen and oxygen atoms in total. The van der Waals surface area contributed by atoms with Gasteiger partial charge in [-0.25, -0.2) is 0 Å². The summed E-state index contributed by atoms with van der Waals surface area (Å²) in [6.07, 6.45) is 8.61. The first kappa shape index (κ1) is 14.5. The Morgan fingerprint density at radius 2 is 1.87 bits per heavy atom. The number of unbranched alkanes of at least 4 members (excludes halogenated alkanes) is 2. The molecule has 2 heteroatoms. The van der Waals surface area contributed by atoms with Crippen LogP contribution in [0, 0.1) is 17.8 Å². The highest BCUT2D eigenvalue weighted by molar-refractivity contribution is 4.62. The Morgan fingerprint density at radius 1 is 1.20 bits per heavy atom. The summed E-state index contributed by atoms with van der Waals surface area (Å²) in [5.74, 6) is 1.06. The summed E-state index contributed by atoms with van der Waals surface area (Å²) >= 11 is 0. The molecule has 0 radical (unpaired) electrons. The van der Waals surface area contributed by atoms with Crippen LogP contribution in [-0.4, -0.2) is 19.6 Å². The highest BCUT2D eigenvalue weighted by Gasteiger charge is 2.24. The van der Waals surface area contributed by atoms with Crippen LogP contribution < -0.4 is 4.90 Å². The Labute approximate surface area is 95.3 Å². The second kappa shape index (κ2) is 9.98. The van der Waals surface area contributed by atoms with Crippen molar-refractivity contribution in [3.05, 3.63) is 6.57 Å². The van der Waals surface area contributed by atoms with E-state index in [-0.39, 0.29) is 0 Å². The molecule has 0 aliphatic carbocycles. The normalized spacial score (nSPS) is 24.5. The molecule has 1 N–H and O–H groups in total. The zero-order valence-electron chi connectivity index (χ0n) is 10.4. The Balaban J connectivity index is 0.000000921. The Bertz CT molecular complexity index is 140. The van der Waals surface area contributed by atoms with E-state index in [1.165, 1.54) is 58.2 Å². The second-order valence-corrected chi connectivity index (χ2v) is 4.60. The van der Waals surface area contributed by atoms with Gasteiger partial charge in [0, 0.05) is 12.3 Å². The summed E-state index contributed by atoms with van der Waals surface area (Å²) < 4.78 is 0. The van der Waals surface area contributed by atoms with Gasteiger partial charge in [0.15, 0.2) is 0 Å². The Hall–Kier alpha value is -0.550. The van der Waals surface area contributed by atoms with Crippen molar-refractivity contribution >= 4 is 0 Å². The lowest BCUT2D eigenvalue weighted by atomic mass is 10.0. The van der Waals surface area contributed by atoms with Gasteiger partial charge in [-0.15, -0.1) is 0 Å². The van der Waals surface area contributed by atoms with Gasteiger partial charge in [0.2, 0.25) is 0 Å². The van der Waals surface area contributed by atoms with Crippen molar-refractivity contribution in [2.75, 3.05) is 19.6 Å². The predicted octanol–water partition coefficient (Wildman–Crippen LogP) is 1.98.